The van der Waals surface area contributed by atoms with E-state index in [9.17, 15) is 9.59 Å². The number of rotatable bonds is 5. The van der Waals surface area contributed by atoms with Crippen LogP contribution in [0, 0.1) is 0 Å². The topological polar surface area (TPSA) is 68.3 Å². The van der Waals surface area contributed by atoms with E-state index in [1.807, 2.05) is 96.0 Å². The zero-order valence-corrected chi connectivity index (χ0v) is 19.5. The Labute approximate surface area is 205 Å². The van der Waals surface area contributed by atoms with Crippen molar-refractivity contribution in [2.45, 2.75) is 11.9 Å². The van der Waals surface area contributed by atoms with Crippen LogP contribution in [0.4, 0.5) is 0 Å². The Morgan fingerprint density at radius 1 is 0.886 bits per heavy atom. The van der Waals surface area contributed by atoms with Gasteiger partial charge in [0.1, 0.15) is 16.7 Å². The highest BCUT2D eigenvalue weighted by Gasteiger charge is 2.37. The van der Waals surface area contributed by atoms with E-state index >= 15 is 0 Å². The molecular formula is C28H21N3O3S. The van der Waals surface area contributed by atoms with Gasteiger partial charge in [-0.25, -0.2) is 9.48 Å². The van der Waals surface area contributed by atoms with Crippen molar-refractivity contribution in [1.82, 2.24) is 14.7 Å². The van der Waals surface area contributed by atoms with Crippen LogP contribution < -0.4 is 5.63 Å². The van der Waals surface area contributed by atoms with Crippen LogP contribution in [0.25, 0.3) is 27.8 Å². The van der Waals surface area contributed by atoms with E-state index in [0.717, 1.165) is 16.6 Å². The van der Waals surface area contributed by atoms with E-state index in [-0.39, 0.29) is 11.3 Å². The molecule has 3 heterocycles. The molecule has 35 heavy (non-hydrogen) atoms. The minimum absolute atomic E-state index is 0.0506. The monoisotopic (exact) mass is 479 g/mol. The zero-order valence-electron chi connectivity index (χ0n) is 18.7. The molecular weight excluding hydrogens is 458 g/mol. The summed E-state index contributed by atoms with van der Waals surface area (Å²) in [4.78, 5) is 27.8. The van der Waals surface area contributed by atoms with Crippen LogP contribution in [0.1, 0.15) is 16.6 Å². The van der Waals surface area contributed by atoms with E-state index in [4.69, 9.17) is 9.52 Å². The maximum absolute atomic E-state index is 13.1. The van der Waals surface area contributed by atoms with Gasteiger partial charge in [0.15, 0.2) is 0 Å². The lowest BCUT2D eigenvalue weighted by molar-refractivity contribution is -0.128. The molecule has 1 unspecified atom stereocenters. The second kappa shape index (κ2) is 8.92. The van der Waals surface area contributed by atoms with Gasteiger partial charge in [0.05, 0.1) is 17.0 Å². The van der Waals surface area contributed by atoms with E-state index in [0.29, 0.717) is 34.7 Å². The number of para-hydroxylation sites is 2. The second-order valence-corrected chi connectivity index (χ2v) is 9.43. The molecule has 1 aliphatic heterocycles. The molecule has 0 spiro atoms. The molecule has 1 fully saturated rings. The number of benzene rings is 3. The van der Waals surface area contributed by atoms with Crippen molar-refractivity contribution in [3.8, 4) is 16.8 Å². The van der Waals surface area contributed by atoms with Gasteiger partial charge in [0.2, 0.25) is 5.91 Å². The van der Waals surface area contributed by atoms with E-state index in [1.54, 1.807) is 10.7 Å². The second-order valence-electron chi connectivity index (χ2n) is 8.36. The fourth-order valence-corrected chi connectivity index (χ4v) is 5.54. The summed E-state index contributed by atoms with van der Waals surface area (Å²) in [5.74, 6) is 0.413. The highest BCUT2D eigenvalue weighted by atomic mass is 32.2. The minimum Gasteiger partial charge on any atom is -0.422 e. The molecule has 7 heteroatoms. The predicted molar refractivity (Wildman–Crippen MR) is 137 cm³/mol. The van der Waals surface area contributed by atoms with Crippen LogP contribution in [0.2, 0.25) is 0 Å². The van der Waals surface area contributed by atoms with Crippen LogP contribution in [-0.2, 0) is 11.3 Å². The largest absolute Gasteiger partial charge is 0.422 e. The molecule has 1 atom stereocenters. The Morgan fingerprint density at radius 3 is 2.40 bits per heavy atom. The number of carbonyl (C=O) groups excluding carboxylic acids is 1. The summed E-state index contributed by atoms with van der Waals surface area (Å²) in [6, 6.07) is 28.9. The number of aromatic nitrogens is 2. The number of carbonyl (C=O) groups is 1. The summed E-state index contributed by atoms with van der Waals surface area (Å²) in [7, 11) is 0. The molecule has 5 aromatic rings. The first kappa shape index (κ1) is 21.4. The predicted octanol–water partition coefficient (Wildman–Crippen LogP) is 5.42. The van der Waals surface area contributed by atoms with Crippen LogP contribution in [-0.4, -0.2) is 26.3 Å². The molecule has 1 aliphatic rings. The molecule has 0 N–H and O–H groups in total. The van der Waals surface area contributed by atoms with Gasteiger partial charge in [-0.15, -0.1) is 11.8 Å². The summed E-state index contributed by atoms with van der Waals surface area (Å²) in [6.07, 6.45) is 1.86. The van der Waals surface area contributed by atoms with Gasteiger partial charge in [-0.05, 0) is 29.8 Å². The normalized spacial score (nSPS) is 15.7. The van der Waals surface area contributed by atoms with Crippen molar-refractivity contribution < 1.29 is 9.21 Å². The van der Waals surface area contributed by atoms with Crippen molar-refractivity contribution in [2.24, 2.45) is 0 Å². The van der Waals surface area contributed by atoms with Crippen LogP contribution in [0.15, 0.2) is 106 Å². The number of amides is 1. The maximum atomic E-state index is 13.1. The first-order valence-electron chi connectivity index (χ1n) is 11.3. The molecule has 6 nitrogen and oxygen atoms in total. The van der Waals surface area contributed by atoms with Gasteiger partial charge in [0.25, 0.3) is 0 Å². The van der Waals surface area contributed by atoms with Crippen molar-refractivity contribution in [2.75, 3.05) is 5.75 Å². The Balaban J connectivity index is 1.51. The highest BCUT2D eigenvalue weighted by Crippen LogP contribution is 2.43. The molecule has 1 amide bonds. The zero-order chi connectivity index (χ0) is 23.8. The molecule has 3 aromatic carbocycles. The van der Waals surface area contributed by atoms with Gasteiger partial charge in [-0.2, -0.15) is 5.10 Å². The van der Waals surface area contributed by atoms with Crippen molar-refractivity contribution in [1.29, 1.82) is 0 Å². The quantitative estimate of drug-likeness (QED) is 0.315. The molecule has 2 aromatic heterocycles. The van der Waals surface area contributed by atoms with Crippen LogP contribution >= 0.6 is 11.8 Å². The van der Waals surface area contributed by atoms with Gasteiger partial charge < -0.3 is 9.32 Å². The SMILES string of the molecule is O=C1CSC(c2nn(-c3ccccc3)cc2-c2cc3ccccc3oc2=O)N1Cc1ccccc1. The average molecular weight is 480 g/mol. The third-order valence-corrected chi connectivity index (χ3v) is 7.30. The molecule has 6 rings (SSSR count). The summed E-state index contributed by atoms with van der Waals surface area (Å²) < 4.78 is 7.41. The van der Waals surface area contributed by atoms with Crippen molar-refractivity contribution in [3.05, 3.63) is 119 Å². The lowest BCUT2D eigenvalue weighted by atomic mass is 10.1. The number of fused-ring (bicyclic) bond motifs is 1. The van der Waals surface area contributed by atoms with E-state index < -0.39 is 5.63 Å². The minimum atomic E-state index is -0.429. The third kappa shape index (κ3) is 4.04. The van der Waals surface area contributed by atoms with Crippen molar-refractivity contribution >= 4 is 28.6 Å². The fraction of sp³-hybridized carbons (Fsp3) is 0.107. The Bertz CT molecular complexity index is 1580. The molecule has 1 saturated heterocycles. The Morgan fingerprint density at radius 2 is 1.60 bits per heavy atom. The third-order valence-electron chi connectivity index (χ3n) is 6.09. The fourth-order valence-electron chi connectivity index (χ4n) is 4.37. The van der Waals surface area contributed by atoms with Crippen LogP contribution in [0.3, 0.4) is 0 Å². The smallest absolute Gasteiger partial charge is 0.344 e. The number of thioether (sulfide) groups is 1. The first-order chi connectivity index (χ1) is 17.2. The first-order valence-corrected chi connectivity index (χ1v) is 12.4. The lowest BCUT2D eigenvalue weighted by Gasteiger charge is -2.23. The summed E-state index contributed by atoms with van der Waals surface area (Å²) in [6.45, 7) is 0.474. The average Bonchev–Trinajstić information content (AvgIpc) is 3.48. The highest BCUT2D eigenvalue weighted by molar-refractivity contribution is 8.00. The van der Waals surface area contributed by atoms with Crippen LogP contribution in [0.5, 0.6) is 0 Å². The molecule has 0 radical (unpaired) electrons. The van der Waals surface area contributed by atoms with Gasteiger partial charge >= 0.3 is 5.63 Å². The van der Waals surface area contributed by atoms with Crippen molar-refractivity contribution in [3.63, 3.8) is 0 Å². The Hall–Kier alpha value is -4.10. The van der Waals surface area contributed by atoms with E-state index in [2.05, 4.69) is 0 Å². The standard InChI is InChI=1S/C28H21N3O3S/c32-25-18-35-27(30(25)16-19-9-3-1-4-10-19)26-23(17-31(29-26)21-12-5-2-6-13-21)22-15-20-11-7-8-14-24(20)34-28(22)33/h1-15,17,27H,16,18H2. The Kier molecular flexibility index (Phi) is 5.47. The summed E-state index contributed by atoms with van der Waals surface area (Å²) >= 11 is 1.53. The van der Waals surface area contributed by atoms with Gasteiger partial charge in [-0.1, -0.05) is 66.7 Å². The number of hydrogen-bond acceptors (Lipinski definition) is 5. The molecule has 0 aliphatic carbocycles. The van der Waals surface area contributed by atoms with E-state index in [1.165, 1.54) is 11.8 Å². The molecule has 0 saturated carbocycles. The summed E-state index contributed by atoms with van der Waals surface area (Å²) in [5.41, 5.74) is 3.79. The maximum Gasteiger partial charge on any atom is 0.344 e. The number of hydrogen-bond donors (Lipinski definition) is 0. The molecule has 172 valence electrons. The van der Waals surface area contributed by atoms with Gasteiger partial charge in [0, 0.05) is 23.7 Å². The van der Waals surface area contributed by atoms with Gasteiger partial charge in [-0.3, -0.25) is 4.79 Å². The number of nitrogens with zero attached hydrogens (tertiary/aromatic N) is 3. The molecule has 0 bridgehead atoms. The summed E-state index contributed by atoms with van der Waals surface area (Å²) in [5, 5.41) is 5.41. The lowest BCUT2D eigenvalue weighted by Crippen LogP contribution is -2.28.